The summed E-state index contributed by atoms with van der Waals surface area (Å²) in [5, 5.41) is 8.32. The highest BCUT2D eigenvalue weighted by Crippen LogP contribution is 2.37. The lowest BCUT2D eigenvalue weighted by atomic mass is 10.0. The molecule has 114 valence electrons. The van der Waals surface area contributed by atoms with E-state index >= 15 is 0 Å². The molecule has 1 N–H and O–H groups in total. The lowest BCUT2D eigenvalue weighted by molar-refractivity contribution is 0.631. The summed E-state index contributed by atoms with van der Waals surface area (Å²) in [5.41, 5.74) is 2.60. The molecule has 0 saturated carbocycles. The highest BCUT2D eigenvalue weighted by atomic mass is 35.5. The van der Waals surface area contributed by atoms with Gasteiger partial charge in [-0.15, -0.1) is 11.3 Å². The number of rotatable bonds is 2. The molecule has 3 nitrogen and oxygen atoms in total. The summed E-state index contributed by atoms with van der Waals surface area (Å²) in [4.78, 5) is 6.60. The van der Waals surface area contributed by atoms with Gasteiger partial charge in [-0.3, -0.25) is 5.10 Å². The molecule has 4 rings (SSSR count). The normalized spacial score (nSPS) is 11.3. The summed E-state index contributed by atoms with van der Waals surface area (Å²) in [6.45, 7) is 2.06. The zero-order valence-electron chi connectivity index (χ0n) is 12.1. The number of nitrogens with zero attached hydrogens (tertiary/aromatic N) is 2. The summed E-state index contributed by atoms with van der Waals surface area (Å²) in [6.07, 6.45) is 1.72. The molecule has 6 heteroatoms. The molecule has 0 fully saturated rings. The highest BCUT2D eigenvalue weighted by Gasteiger charge is 2.17. The topological polar surface area (TPSA) is 41.6 Å². The van der Waals surface area contributed by atoms with Crippen LogP contribution in [0.25, 0.3) is 32.7 Å². The molecule has 0 aliphatic carbocycles. The van der Waals surface area contributed by atoms with E-state index in [0.717, 1.165) is 15.8 Å². The number of hydrogen-bond donors (Lipinski definition) is 1. The molecule has 3 heterocycles. The molecule has 23 heavy (non-hydrogen) atoms. The summed E-state index contributed by atoms with van der Waals surface area (Å²) < 4.78 is 14.3. The van der Waals surface area contributed by atoms with Crippen molar-refractivity contribution >= 4 is 34.0 Å². The number of nitrogens with one attached hydrogen (secondary N) is 1. The number of aryl methyl sites for hydroxylation is 1. The maximum atomic E-state index is 14.3. The Balaban J connectivity index is 2.02. The molecular weight excluding hydrogens is 333 g/mol. The molecule has 0 atom stereocenters. The van der Waals surface area contributed by atoms with Crippen LogP contribution in [0.2, 0.25) is 5.02 Å². The maximum Gasteiger partial charge on any atom is 0.182 e. The Labute approximate surface area is 140 Å². The second-order valence-corrected chi connectivity index (χ2v) is 6.91. The molecule has 0 unspecified atom stereocenters. The number of thiophene rings is 1. The van der Waals surface area contributed by atoms with Gasteiger partial charge in [-0.05, 0) is 43.3 Å². The van der Waals surface area contributed by atoms with Gasteiger partial charge in [0, 0.05) is 32.1 Å². The van der Waals surface area contributed by atoms with Crippen molar-refractivity contribution in [3.8, 4) is 21.7 Å². The molecule has 0 spiro atoms. The first-order chi connectivity index (χ1) is 11.1. The Morgan fingerprint density at radius 1 is 1.13 bits per heavy atom. The number of aromatic nitrogens is 3. The van der Waals surface area contributed by atoms with Crippen molar-refractivity contribution in [1.82, 2.24) is 15.2 Å². The fraction of sp³-hybridized carbons (Fsp3) is 0.0588. The van der Waals surface area contributed by atoms with Crippen molar-refractivity contribution in [2.75, 3.05) is 0 Å². The average molecular weight is 344 g/mol. The van der Waals surface area contributed by atoms with Gasteiger partial charge in [0.2, 0.25) is 0 Å². The Morgan fingerprint density at radius 2 is 2.00 bits per heavy atom. The first kappa shape index (κ1) is 14.4. The van der Waals surface area contributed by atoms with Crippen molar-refractivity contribution in [2.45, 2.75) is 6.92 Å². The molecule has 4 aromatic rings. The van der Waals surface area contributed by atoms with Crippen LogP contribution in [-0.4, -0.2) is 15.2 Å². The van der Waals surface area contributed by atoms with Gasteiger partial charge in [0.05, 0.1) is 11.1 Å². The number of fused-ring (bicyclic) bond motifs is 1. The predicted octanol–water partition coefficient (Wildman–Crippen LogP) is 5.45. The van der Waals surface area contributed by atoms with Gasteiger partial charge < -0.3 is 0 Å². The lowest BCUT2D eigenvalue weighted by Crippen LogP contribution is -1.87. The fourth-order valence-electron chi connectivity index (χ4n) is 2.62. The molecule has 3 aromatic heterocycles. The Hall–Kier alpha value is -2.24. The predicted molar refractivity (Wildman–Crippen MR) is 92.3 cm³/mol. The van der Waals surface area contributed by atoms with E-state index in [-0.39, 0.29) is 5.82 Å². The van der Waals surface area contributed by atoms with Crippen LogP contribution in [-0.2, 0) is 0 Å². The average Bonchev–Trinajstić information content (AvgIpc) is 3.13. The molecule has 0 aliphatic rings. The number of aromatic amines is 1. The first-order valence-corrected chi connectivity index (χ1v) is 8.18. The zero-order chi connectivity index (χ0) is 16.0. The van der Waals surface area contributed by atoms with E-state index in [1.807, 2.05) is 6.07 Å². The van der Waals surface area contributed by atoms with Gasteiger partial charge in [0.1, 0.15) is 5.82 Å². The Morgan fingerprint density at radius 3 is 2.74 bits per heavy atom. The largest absolute Gasteiger partial charge is 0.275 e. The molecule has 0 saturated heterocycles. The molecular formula is C17H11ClFN3S. The van der Waals surface area contributed by atoms with E-state index < -0.39 is 0 Å². The van der Waals surface area contributed by atoms with Gasteiger partial charge in [0.15, 0.2) is 5.65 Å². The van der Waals surface area contributed by atoms with Gasteiger partial charge in [0.25, 0.3) is 0 Å². The minimum atomic E-state index is -0.389. The van der Waals surface area contributed by atoms with Crippen molar-refractivity contribution in [1.29, 1.82) is 0 Å². The summed E-state index contributed by atoms with van der Waals surface area (Å²) in [7, 11) is 0. The molecule has 0 bridgehead atoms. The van der Waals surface area contributed by atoms with Crippen LogP contribution >= 0.6 is 22.9 Å². The van der Waals surface area contributed by atoms with Crippen molar-refractivity contribution in [2.24, 2.45) is 0 Å². The highest BCUT2D eigenvalue weighted by molar-refractivity contribution is 7.15. The third kappa shape index (κ3) is 2.42. The second-order valence-electron chi connectivity index (χ2n) is 5.19. The number of halogens is 2. The van der Waals surface area contributed by atoms with E-state index in [9.17, 15) is 4.39 Å². The van der Waals surface area contributed by atoms with Crippen molar-refractivity contribution in [3.63, 3.8) is 0 Å². The summed E-state index contributed by atoms with van der Waals surface area (Å²) in [6, 6.07) is 10.7. The van der Waals surface area contributed by atoms with Gasteiger partial charge in [-0.1, -0.05) is 11.6 Å². The molecule has 1 aromatic carbocycles. The standard InChI is InChI=1S/C17H11ClFN3S/c1-9-2-5-14(23-9)12-6-7-20-17-15(12)16(21-22-17)11-4-3-10(18)8-13(11)19/h2-8H,1H3,(H,20,21,22). The van der Waals surface area contributed by atoms with Crippen LogP contribution in [0, 0.1) is 12.7 Å². The summed E-state index contributed by atoms with van der Waals surface area (Å²) >= 11 is 7.54. The molecule has 0 aliphatic heterocycles. The minimum Gasteiger partial charge on any atom is -0.275 e. The maximum absolute atomic E-state index is 14.3. The zero-order valence-corrected chi connectivity index (χ0v) is 13.7. The smallest absolute Gasteiger partial charge is 0.182 e. The van der Waals surface area contributed by atoms with Crippen LogP contribution < -0.4 is 0 Å². The molecule has 0 radical (unpaired) electrons. The number of benzene rings is 1. The Bertz CT molecular complexity index is 1020. The van der Waals surface area contributed by atoms with E-state index in [1.54, 1.807) is 29.7 Å². The van der Waals surface area contributed by atoms with Crippen LogP contribution in [0.15, 0.2) is 42.6 Å². The SMILES string of the molecule is Cc1ccc(-c2ccnc3n[nH]c(-c4ccc(Cl)cc4F)c23)s1. The van der Waals surface area contributed by atoms with E-state index in [2.05, 4.69) is 34.2 Å². The third-order valence-corrected chi connectivity index (χ3v) is 4.93. The van der Waals surface area contributed by atoms with Gasteiger partial charge in [-0.25, -0.2) is 9.37 Å². The van der Waals surface area contributed by atoms with Crippen molar-refractivity contribution < 1.29 is 4.39 Å². The van der Waals surface area contributed by atoms with E-state index in [1.165, 1.54) is 10.9 Å². The van der Waals surface area contributed by atoms with Gasteiger partial charge in [-0.2, -0.15) is 5.10 Å². The number of pyridine rings is 1. The van der Waals surface area contributed by atoms with E-state index in [0.29, 0.717) is 21.9 Å². The minimum absolute atomic E-state index is 0.363. The van der Waals surface area contributed by atoms with Crippen molar-refractivity contribution in [3.05, 3.63) is 58.3 Å². The number of H-pyrrole nitrogens is 1. The van der Waals surface area contributed by atoms with Crippen LogP contribution in [0.3, 0.4) is 0 Å². The lowest BCUT2D eigenvalue weighted by Gasteiger charge is -2.05. The third-order valence-electron chi connectivity index (χ3n) is 3.66. The van der Waals surface area contributed by atoms with Gasteiger partial charge >= 0.3 is 0 Å². The Kier molecular flexibility index (Phi) is 3.39. The number of hydrogen-bond acceptors (Lipinski definition) is 3. The first-order valence-electron chi connectivity index (χ1n) is 6.99. The second kappa shape index (κ2) is 5.44. The quantitative estimate of drug-likeness (QED) is 0.525. The monoisotopic (exact) mass is 343 g/mol. The molecule has 0 amide bonds. The van der Waals surface area contributed by atoms with E-state index in [4.69, 9.17) is 11.6 Å². The van der Waals surface area contributed by atoms with Crippen LogP contribution in [0.5, 0.6) is 0 Å². The summed E-state index contributed by atoms with van der Waals surface area (Å²) in [5.74, 6) is -0.389. The van der Waals surface area contributed by atoms with Crippen LogP contribution in [0.1, 0.15) is 4.88 Å². The van der Waals surface area contributed by atoms with Crippen LogP contribution in [0.4, 0.5) is 4.39 Å². The fourth-order valence-corrected chi connectivity index (χ4v) is 3.68.